The van der Waals surface area contributed by atoms with Crippen LogP contribution in [0.5, 0.6) is 0 Å². The summed E-state index contributed by atoms with van der Waals surface area (Å²) in [5.74, 6) is -0.287. The van der Waals surface area contributed by atoms with Crippen molar-refractivity contribution in [2.24, 2.45) is 0 Å². The van der Waals surface area contributed by atoms with E-state index in [1.54, 1.807) is 12.1 Å². The maximum Gasteiger partial charge on any atom is 0.125 e. The van der Waals surface area contributed by atoms with Crippen molar-refractivity contribution in [1.82, 2.24) is 0 Å². The molecule has 22 heavy (non-hydrogen) atoms. The van der Waals surface area contributed by atoms with E-state index < -0.39 is 0 Å². The van der Waals surface area contributed by atoms with E-state index in [1.807, 2.05) is 0 Å². The van der Waals surface area contributed by atoms with Crippen molar-refractivity contribution in [3.05, 3.63) is 30.1 Å². The van der Waals surface area contributed by atoms with Crippen LogP contribution in [0.25, 0.3) is 0 Å². The normalized spacial score (nSPS) is 10.1. The molecule has 0 aliphatic rings. The number of nitrogen functional groups attached to an aromatic ring is 1. The van der Waals surface area contributed by atoms with Gasteiger partial charge in [0.25, 0.3) is 0 Å². The van der Waals surface area contributed by atoms with E-state index in [-0.39, 0.29) is 5.82 Å². The number of nitrogens with two attached hydrogens (primary N) is 1. The highest BCUT2D eigenvalue weighted by atomic mass is 19.1. The molecule has 0 aliphatic carbocycles. The van der Waals surface area contributed by atoms with Crippen molar-refractivity contribution in [1.29, 1.82) is 0 Å². The second-order valence-electron chi connectivity index (χ2n) is 6.09. The molecule has 0 heterocycles. The third-order valence-corrected chi connectivity index (χ3v) is 3.81. The minimum absolute atomic E-state index is 0.287. The fourth-order valence-corrected chi connectivity index (χ4v) is 2.42. The van der Waals surface area contributed by atoms with E-state index in [4.69, 9.17) is 5.73 Å². The SMILES string of the molecule is CCCCCCCCCCCCCC.Nc1cccc(F)c1. The summed E-state index contributed by atoms with van der Waals surface area (Å²) in [5.41, 5.74) is 5.68. The Morgan fingerprint density at radius 2 is 1.14 bits per heavy atom. The molecule has 0 amide bonds. The Balaban J connectivity index is 0.000000461. The van der Waals surface area contributed by atoms with Crippen LogP contribution in [0.3, 0.4) is 0 Å². The minimum Gasteiger partial charge on any atom is -0.399 e. The van der Waals surface area contributed by atoms with Crippen LogP contribution >= 0.6 is 0 Å². The zero-order valence-corrected chi connectivity index (χ0v) is 14.7. The lowest BCUT2D eigenvalue weighted by Gasteiger charge is -2.01. The molecule has 128 valence electrons. The molecule has 0 atom stereocenters. The Bertz CT molecular complexity index is 309. The van der Waals surface area contributed by atoms with E-state index in [2.05, 4.69) is 13.8 Å². The summed E-state index contributed by atoms with van der Waals surface area (Å²) in [5, 5.41) is 0. The van der Waals surface area contributed by atoms with Crippen molar-refractivity contribution in [2.45, 2.75) is 90.9 Å². The smallest absolute Gasteiger partial charge is 0.125 e. The Morgan fingerprint density at radius 1 is 0.727 bits per heavy atom. The molecule has 2 heteroatoms. The van der Waals surface area contributed by atoms with Crippen LogP contribution in [-0.2, 0) is 0 Å². The summed E-state index contributed by atoms with van der Waals surface area (Å²) in [6.07, 6.45) is 17.4. The molecular weight excluding hydrogens is 273 g/mol. The number of hydrogen-bond donors (Lipinski definition) is 1. The average molecular weight is 310 g/mol. The van der Waals surface area contributed by atoms with Crippen LogP contribution in [0, 0.1) is 5.82 Å². The Hall–Kier alpha value is -1.05. The molecule has 0 spiro atoms. The molecule has 1 aromatic rings. The van der Waals surface area contributed by atoms with Crippen LogP contribution in [0.2, 0.25) is 0 Å². The summed E-state index contributed by atoms with van der Waals surface area (Å²) in [4.78, 5) is 0. The van der Waals surface area contributed by atoms with Gasteiger partial charge in [-0.05, 0) is 18.2 Å². The maximum absolute atomic E-state index is 12.1. The topological polar surface area (TPSA) is 26.0 Å². The van der Waals surface area contributed by atoms with Gasteiger partial charge < -0.3 is 5.73 Å². The summed E-state index contributed by atoms with van der Waals surface area (Å²) >= 11 is 0. The van der Waals surface area contributed by atoms with Gasteiger partial charge in [-0.3, -0.25) is 0 Å². The first kappa shape index (κ1) is 20.9. The van der Waals surface area contributed by atoms with Gasteiger partial charge in [-0.1, -0.05) is 97.0 Å². The van der Waals surface area contributed by atoms with Crippen molar-refractivity contribution in [3.63, 3.8) is 0 Å². The first-order valence-electron chi connectivity index (χ1n) is 9.21. The summed E-state index contributed by atoms with van der Waals surface area (Å²) in [6.45, 7) is 4.57. The average Bonchev–Trinajstić information content (AvgIpc) is 2.50. The molecular formula is C20H36FN. The number of benzene rings is 1. The van der Waals surface area contributed by atoms with Crippen molar-refractivity contribution >= 4 is 5.69 Å². The molecule has 0 saturated heterocycles. The molecule has 0 aromatic heterocycles. The molecule has 0 unspecified atom stereocenters. The van der Waals surface area contributed by atoms with Gasteiger partial charge in [0.05, 0.1) is 0 Å². The van der Waals surface area contributed by atoms with E-state index in [1.165, 1.54) is 89.2 Å². The molecule has 0 saturated carbocycles. The Kier molecular flexibility index (Phi) is 15.5. The van der Waals surface area contributed by atoms with Gasteiger partial charge in [0.1, 0.15) is 5.82 Å². The second-order valence-corrected chi connectivity index (χ2v) is 6.09. The van der Waals surface area contributed by atoms with Crippen LogP contribution in [-0.4, -0.2) is 0 Å². The molecule has 0 radical (unpaired) electrons. The molecule has 1 nitrogen and oxygen atoms in total. The van der Waals surface area contributed by atoms with E-state index >= 15 is 0 Å². The fourth-order valence-electron chi connectivity index (χ4n) is 2.42. The van der Waals surface area contributed by atoms with Crippen LogP contribution in [0.4, 0.5) is 10.1 Å². The zero-order valence-electron chi connectivity index (χ0n) is 14.7. The number of rotatable bonds is 11. The van der Waals surface area contributed by atoms with Gasteiger partial charge in [-0.25, -0.2) is 4.39 Å². The molecule has 1 aromatic carbocycles. The van der Waals surface area contributed by atoms with E-state index in [0.717, 1.165) is 0 Å². The van der Waals surface area contributed by atoms with Crippen LogP contribution < -0.4 is 5.73 Å². The molecule has 0 aliphatic heterocycles. The van der Waals surface area contributed by atoms with Crippen LogP contribution in [0.15, 0.2) is 24.3 Å². The third-order valence-electron chi connectivity index (χ3n) is 3.81. The van der Waals surface area contributed by atoms with Crippen LogP contribution in [0.1, 0.15) is 90.9 Å². The fraction of sp³-hybridized carbons (Fsp3) is 0.700. The first-order chi connectivity index (χ1) is 10.7. The molecule has 0 fully saturated rings. The monoisotopic (exact) mass is 309 g/mol. The van der Waals surface area contributed by atoms with Gasteiger partial charge in [0, 0.05) is 5.69 Å². The molecule has 1 rings (SSSR count). The standard InChI is InChI=1S/C14H30.C6H6FN/c1-3-5-7-9-11-13-14-12-10-8-6-4-2;7-5-2-1-3-6(8)4-5/h3-14H2,1-2H3;1-4H,8H2. The second kappa shape index (κ2) is 16.3. The molecule has 0 bridgehead atoms. The summed E-state index contributed by atoms with van der Waals surface area (Å²) < 4.78 is 12.1. The maximum atomic E-state index is 12.1. The molecule has 2 N–H and O–H groups in total. The number of hydrogen-bond acceptors (Lipinski definition) is 1. The van der Waals surface area contributed by atoms with E-state index in [0.29, 0.717) is 5.69 Å². The van der Waals surface area contributed by atoms with Gasteiger partial charge in [0.2, 0.25) is 0 Å². The lowest BCUT2D eigenvalue weighted by Crippen LogP contribution is -1.83. The zero-order chi connectivity index (χ0) is 16.5. The van der Waals surface area contributed by atoms with Crippen molar-refractivity contribution in [2.75, 3.05) is 5.73 Å². The highest BCUT2D eigenvalue weighted by molar-refractivity contribution is 5.36. The number of anilines is 1. The predicted molar refractivity (Wildman–Crippen MR) is 97.6 cm³/mol. The van der Waals surface area contributed by atoms with Gasteiger partial charge in [0.15, 0.2) is 0 Å². The van der Waals surface area contributed by atoms with Crippen molar-refractivity contribution < 1.29 is 4.39 Å². The van der Waals surface area contributed by atoms with E-state index in [9.17, 15) is 4.39 Å². The number of unbranched alkanes of at least 4 members (excludes halogenated alkanes) is 11. The largest absolute Gasteiger partial charge is 0.399 e. The van der Waals surface area contributed by atoms with Gasteiger partial charge in [-0.15, -0.1) is 0 Å². The first-order valence-corrected chi connectivity index (χ1v) is 9.21. The third kappa shape index (κ3) is 15.3. The quantitative estimate of drug-likeness (QED) is 0.342. The number of halogens is 1. The lowest BCUT2D eigenvalue weighted by molar-refractivity contribution is 0.548. The highest BCUT2D eigenvalue weighted by Crippen LogP contribution is 2.11. The predicted octanol–water partition coefficient (Wildman–Crippen LogP) is 7.12. The van der Waals surface area contributed by atoms with Gasteiger partial charge in [-0.2, -0.15) is 0 Å². The van der Waals surface area contributed by atoms with Gasteiger partial charge >= 0.3 is 0 Å². The Labute approximate surface area is 137 Å². The Morgan fingerprint density at radius 3 is 1.41 bits per heavy atom. The minimum atomic E-state index is -0.287. The highest BCUT2D eigenvalue weighted by Gasteiger charge is 1.91. The lowest BCUT2D eigenvalue weighted by atomic mass is 10.1. The summed E-state index contributed by atoms with van der Waals surface area (Å²) in [6, 6.07) is 5.85. The van der Waals surface area contributed by atoms with Crippen molar-refractivity contribution in [3.8, 4) is 0 Å². The summed E-state index contributed by atoms with van der Waals surface area (Å²) in [7, 11) is 0.